The molecule has 0 heterocycles. The maximum absolute atomic E-state index is 14.1. The Morgan fingerprint density at radius 3 is 2.00 bits per heavy atom. The molecule has 0 radical (unpaired) electrons. The number of halogens is 4. The van der Waals surface area contributed by atoms with E-state index in [0.29, 0.717) is 22.8 Å². The van der Waals surface area contributed by atoms with Crippen molar-refractivity contribution < 1.29 is 22.4 Å². The Morgan fingerprint density at radius 2 is 1.59 bits per heavy atom. The van der Waals surface area contributed by atoms with Crippen LogP contribution in [0.15, 0.2) is 30.3 Å². The molecular weight excluding hydrogens is 298 g/mol. The number of amides is 1. The predicted octanol–water partition coefficient (Wildman–Crippen LogP) is 4.23. The van der Waals surface area contributed by atoms with Crippen molar-refractivity contribution in [2.75, 3.05) is 0 Å². The van der Waals surface area contributed by atoms with Crippen LogP contribution in [0.3, 0.4) is 0 Å². The van der Waals surface area contributed by atoms with Gasteiger partial charge in [0.25, 0.3) is 0 Å². The van der Waals surface area contributed by atoms with Gasteiger partial charge in [-0.15, -0.1) is 0 Å². The van der Waals surface area contributed by atoms with Crippen LogP contribution < -0.4 is 5.73 Å². The van der Waals surface area contributed by atoms with E-state index in [0.717, 1.165) is 12.1 Å². The molecule has 0 saturated carbocycles. The summed E-state index contributed by atoms with van der Waals surface area (Å²) < 4.78 is 51.8. The van der Waals surface area contributed by atoms with Crippen molar-refractivity contribution in [3.05, 3.63) is 58.4 Å². The molecule has 6 heteroatoms. The number of hydrogen-bond donors (Lipinski definition) is 1. The molecule has 0 unspecified atom stereocenters. The van der Waals surface area contributed by atoms with E-state index in [-0.39, 0.29) is 11.1 Å². The molecule has 116 valence electrons. The van der Waals surface area contributed by atoms with E-state index in [2.05, 4.69) is 0 Å². The number of primary amides is 1. The lowest BCUT2D eigenvalue weighted by Gasteiger charge is -2.14. The molecule has 1 amide bonds. The van der Waals surface area contributed by atoms with Crippen molar-refractivity contribution in [3.63, 3.8) is 0 Å². The molecule has 2 N–H and O–H groups in total. The highest BCUT2D eigenvalue weighted by Crippen LogP contribution is 2.35. The van der Waals surface area contributed by atoms with Crippen molar-refractivity contribution in [2.45, 2.75) is 20.0 Å². The lowest BCUT2D eigenvalue weighted by molar-refractivity contribution is -0.137. The smallest absolute Gasteiger partial charge is 0.366 e. The zero-order valence-electron chi connectivity index (χ0n) is 11.9. The first-order valence-corrected chi connectivity index (χ1v) is 6.39. The van der Waals surface area contributed by atoms with Gasteiger partial charge in [-0.25, -0.2) is 4.39 Å². The first kappa shape index (κ1) is 16.0. The average molecular weight is 311 g/mol. The van der Waals surface area contributed by atoms with E-state index in [1.807, 2.05) is 0 Å². The highest BCUT2D eigenvalue weighted by atomic mass is 19.4. The van der Waals surface area contributed by atoms with Crippen molar-refractivity contribution in [3.8, 4) is 11.1 Å². The second-order valence-corrected chi connectivity index (χ2v) is 5.04. The van der Waals surface area contributed by atoms with Crippen molar-refractivity contribution in [2.24, 2.45) is 5.73 Å². The summed E-state index contributed by atoms with van der Waals surface area (Å²) in [4.78, 5) is 11.2. The molecule has 2 nitrogen and oxygen atoms in total. The summed E-state index contributed by atoms with van der Waals surface area (Å²) in [5.74, 6) is -1.58. The fourth-order valence-electron chi connectivity index (χ4n) is 2.42. The number of benzene rings is 2. The molecule has 22 heavy (non-hydrogen) atoms. The van der Waals surface area contributed by atoms with Crippen molar-refractivity contribution in [1.29, 1.82) is 0 Å². The summed E-state index contributed by atoms with van der Waals surface area (Å²) in [6, 6.07) is 5.37. The first-order valence-electron chi connectivity index (χ1n) is 6.39. The predicted molar refractivity (Wildman–Crippen MR) is 74.8 cm³/mol. The van der Waals surface area contributed by atoms with Gasteiger partial charge in [0.2, 0.25) is 5.91 Å². The number of carbonyl (C=O) groups is 1. The maximum Gasteiger partial charge on any atom is 0.416 e. The maximum atomic E-state index is 14.1. The molecule has 0 aliphatic carbocycles. The van der Waals surface area contributed by atoms with E-state index < -0.39 is 23.5 Å². The third-order valence-corrected chi connectivity index (χ3v) is 3.38. The Bertz CT molecular complexity index is 727. The second kappa shape index (κ2) is 5.44. The highest BCUT2D eigenvalue weighted by molar-refractivity contribution is 5.94. The van der Waals surface area contributed by atoms with Gasteiger partial charge < -0.3 is 5.73 Å². The molecule has 2 aromatic rings. The fourth-order valence-corrected chi connectivity index (χ4v) is 2.42. The van der Waals surface area contributed by atoms with E-state index in [4.69, 9.17) is 5.73 Å². The summed E-state index contributed by atoms with van der Waals surface area (Å²) in [7, 11) is 0. The number of hydrogen-bond acceptors (Lipinski definition) is 1. The van der Waals surface area contributed by atoms with Crippen LogP contribution in [0.25, 0.3) is 11.1 Å². The molecule has 0 aliphatic rings. The van der Waals surface area contributed by atoms with Gasteiger partial charge in [0.15, 0.2) is 0 Å². The summed E-state index contributed by atoms with van der Waals surface area (Å²) in [6.45, 7) is 3.29. The van der Waals surface area contributed by atoms with Gasteiger partial charge in [0.1, 0.15) is 5.82 Å². The van der Waals surface area contributed by atoms with E-state index in [9.17, 15) is 22.4 Å². The Morgan fingerprint density at radius 1 is 1.05 bits per heavy atom. The summed E-state index contributed by atoms with van der Waals surface area (Å²) >= 11 is 0. The molecule has 0 fully saturated rings. The molecule has 0 aliphatic heterocycles. The van der Waals surface area contributed by atoms with Gasteiger partial charge in [-0.05, 0) is 54.8 Å². The number of nitrogens with two attached hydrogens (primary N) is 1. The molecule has 0 bridgehead atoms. The standard InChI is InChI=1S/C16H13F4NO/c1-8-5-10(15(21)22)6-9(2)14(8)12-4-3-11(7-13(12)17)16(18,19)20/h3-7H,1-2H3,(H2,21,22). The zero-order valence-corrected chi connectivity index (χ0v) is 11.9. The molecule has 2 rings (SSSR count). The van der Waals surface area contributed by atoms with Crippen LogP contribution in [0, 0.1) is 19.7 Å². The lowest BCUT2D eigenvalue weighted by atomic mass is 9.92. The van der Waals surface area contributed by atoms with Gasteiger partial charge in [-0.3, -0.25) is 4.79 Å². The van der Waals surface area contributed by atoms with Gasteiger partial charge >= 0.3 is 6.18 Å². The van der Waals surface area contributed by atoms with Crippen LogP contribution in [0.5, 0.6) is 0 Å². The molecule has 0 aromatic heterocycles. The number of alkyl halides is 3. The molecule has 0 spiro atoms. The second-order valence-electron chi connectivity index (χ2n) is 5.04. The minimum atomic E-state index is -4.60. The minimum absolute atomic E-state index is 0.0546. The molecule has 0 saturated heterocycles. The Labute approximate surface area is 124 Å². The largest absolute Gasteiger partial charge is 0.416 e. The monoisotopic (exact) mass is 311 g/mol. The van der Waals surface area contributed by atoms with Crippen molar-refractivity contribution >= 4 is 5.91 Å². The van der Waals surface area contributed by atoms with E-state index in [1.54, 1.807) is 13.8 Å². The summed E-state index contributed by atoms with van der Waals surface area (Å²) in [5, 5.41) is 0. The third-order valence-electron chi connectivity index (χ3n) is 3.38. The van der Waals surface area contributed by atoms with Gasteiger partial charge in [-0.1, -0.05) is 6.07 Å². The summed E-state index contributed by atoms with van der Waals surface area (Å²) in [6.07, 6.45) is -4.60. The van der Waals surface area contributed by atoms with Crippen LogP contribution in [-0.2, 0) is 6.18 Å². The summed E-state index contributed by atoms with van der Waals surface area (Å²) in [5.41, 5.74) is 6.06. The average Bonchev–Trinajstić information content (AvgIpc) is 2.38. The number of aryl methyl sites for hydroxylation is 2. The Balaban J connectivity index is 2.60. The van der Waals surface area contributed by atoms with Gasteiger partial charge in [-0.2, -0.15) is 13.2 Å². The normalized spacial score (nSPS) is 11.5. The number of carbonyl (C=O) groups excluding carboxylic acids is 1. The van der Waals surface area contributed by atoms with Crippen LogP contribution >= 0.6 is 0 Å². The Hall–Kier alpha value is -2.37. The molecule has 2 aromatic carbocycles. The SMILES string of the molecule is Cc1cc(C(N)=O)cc(C)c1-c1ccc(C(F)(F)F)cc1F. The molecular formula is C16H13F4NO. The van der Waals surface area contributed by atoms with Crippen LogP contribution in [0.4, 0.5) is 17.6 Å². The highest BCUT2D eigenvalue weighted by Gasteiger charge is 2.31. The lowest BCUT2D eigenvalue weighted by Crippen LogP contribution is -2.12. The topological polar surface area (TPSA) is 43.1 Å². The van der Waals surface area contributed by atoms with Gasteiger partial charge in [0, 0.05) is 11.1 Å². The van der Waals surface area contributed by atoms with Crippen molar-refractivity contribution in [1.82, 2.24) is 0 Å². The van der Waals surface area contributed by atoms with E-state index in [1.165, 1.54) is 12.1 Å². The third kappa shape index (κ3) is 2.95. The fraction of sp³-hybridized carbons (Fsp3) is 0.188. The quantitative estimate of drug-likeness (QED) is 0.829. The van der Waals surface area contributed by atoms with E-state index >= 15 is 0 Å². The minimum Gasteiger partial charge on any atom is -0.366 e. The van der Waals surface area contributed by atoms with Crippen LogP contribution in [0.1, 0.15) is 27.0 Å². The van der Waals surface area contributed by atoms with Crippen LogP contribution in [-0.4, -0.2) is 5.91 Å². The van der Waals surface area contributed by atoms with Crippen LogP contribution in [0.2, 0.25) is 0 Å². The Kier molecular flexibility index (Phi) is 3.96. The molecule has 0 atom stereocenters. The zero-order chi connectivity index (χ0) is 16.7. The first-order chi connectivity index (χ1) is 10.1. The number of rotatable bonds is 2. The van der Waals surface area contributed by atoms with Gasteiger partial charge in [0.05, 0.1) is 5.56 Å².